The van der Waals surface area contributed by atoms with E-state index in [-0.39, 0.29) is 79.1 Å². The van der Waals surface area contributed by atoms with Crippen LogP contribution in [0, 0.1) is 0 Å². The second-order valence-corrected chi connectivity index (χ2v) is 13.7. The molecule has 0 aromatic heterocycles. The molecule has 0 bridgehead atoms. The molecular formula is C8H26Ge2N4Te2. The average molecular weight is 579 g/mol. The molecule has 2 radical (unpaired) electrons. The monoisotopic (exact) mass is 586 g/mol. The van der Waals surface area contributed by atoms with Gasteiger partial charge in [0.15, 0.2) is 0 Å². The predicted octanol–water partition coefficient (Wildman–Crippen LogP) is -3.57. The van der Waals surface area contributed by atoms with Crippen LogP contribution in [0.25, 0.3) is 0 Å². The maximum atomic E-state index is 2.49. The van der Waals surface area contributed by atoms with Gasteiger partial charge in [0.1, 0.15) is 0 Å². The Hall–Kier alpha value is 2.50. The third-order valence-electron chi connectivity index (χ3n) is 2.55. The first-order valence-electron chi connectivity index (χ1n) is 5.20. The minimum absolute atomic E-state index is 0. The van der Waals surface area contributed by atoms with Crippen molar-refractivity contribution in [3.63, 3.8) is 0 Å². The molecule has 2 aliphatic heterocycles. The van der Waals surface area contributed by atoms with Gasteiger partial charge in [-0.05, 0) is 0 Å². The van der Waals surface area contributed by atoms with Crippen LogP contribution in [0.2, 0.25) is 0 Å². The van der Waals surface area contributed by atoms with E-state index >= 15 is 0 Å². The Kier molecular flexibility index (Phi) is 14.8. The molecule has 0 aromatic carbocycles. The summed E-state index contributed by atoms with van der Waals surface area (Å²) < 4.78 is 9.91. The zero-order valence-electron chi connectivity index (χ0n) is 10.8. The van der Waals surface area contributed by atoms with Gasteiger partial charge in [0.2, 0.25) is 0 Å². The Morgan fingerprint density at radius 1 is 0.812 bits per heavy atom. The van der Waals surface area contributed by atoms with E-state index in [0.717, 1.165) is 0 Å². The van der Waals surface area contributed by atoms with Gasteiger partial charge in [-0.2, -0.15) is 0 Å². The van der Waals surface area contributed by atoms with Crippen LogP contribution in [0.5, 0.6) is 0 Å². The van der Waals surface area contributed by atoms with Gasteiger partial charge in [0.25, 0.3) is 0 Å². The van der Waals surface area contributed by atoms with Gasteiger partial charge in [-0.25, -0.2) is 0 Å². The van der Waals surface area contributed by atoms with Crippen molar-refractivity contribution in [1.82, 2.24) is 15.4 Å². The molecule has 2 saturated heterocycles. The van der Waals surface area contributed by atoms with Gasteiger partial charge in [-0.3, -0.25) is 0 Å². The van der Waals surface area contributed by atoms with E-state index in [1.165, 1.54) is 26.2 Å². The molecule has 0 unspecified atom stereocenters. The molecule has 0 saturated carbocycles. The molecule has 0 aromatic rings. The number of nitrogens with zero attached hydrogens (tertiary/aromatic N) is 4. The maximum absolute atomic E-state index is 2.49. The van der Waals surface area contributed by atoms with Gasteiger partial charge in [0.05, 0.1) is 0 Å². The SMILES string of the molecule is C[N]1CC[N](C)[GeH2]1.C[N]1CC[N](C)[GeH]1.[TeH2].[TeH]. The summed E-state index contributed by atoms with van der Waals surface area (Å²) in [5, 5.41) is 0. The average Bonchev–Trinajstić information content (AvgIpc) is 2.63. The third kappa shape index (κ3) is 9.44. The molecule has 0 amide bonds. The molecule has 16 heavy (non-hydrogen) atoms. The van der Waals surface area contributed by atoms with E-state index < -0.39 is 0 Å². The fourth-order valence-corrected chi connectivity index (χ4v) is 6.96. The second-order valence-electron chi connectivity index (χ2n) is 4.38. The first-order chi connectivity index (χ1) is 6.58. The molecule has 8 heteroatoms. The first kappa shape index (κ1) is 20.8. The van der Waals surface area contributed by atoms with Crippen molar-refractivity contribution < 1.29 is 0 Å². The Labute approximate surface area is 147 Å². The van der Waals surface area contributed by atoms with Crippen LogP contribution >= 0.6 is 0 Å². The van der Waals surface area contributed by atoms with Crippen molar-refractivity contribution in [2.75, 3.05) is 54.4 Å². The number of rotatable bonds is 0. The molecule has 2 rings (SSSR count). The number of likely N-dealkylation sites (N-methyl/N-ethyl adjacent to an activating group) is 4. The van der Waals surface area contributed by atoms with Crippen LogP contribution in [0.3, 0.4) is 0 Å². The minimum atomic E-state index is -0.319. The van der Waals surface area contributed by atoms with E-state index in [1.807, 2.05) is 0 Å². The van der Waals surface area contributed by atoms with Gasteiger partial charge in [0, 0.05) is 0 Å². The van der Waals surface area contributed by atoms with Crippen molar-refractivity contribution >= 4 is 79.1 Å². The quantitative estimate of drug-likeness (QED) is 0.276. The molecule has 2 aliphatic rings. The summed E-state index contributed by atoms with van der Waals surface area (Å²) >= 11 is -0.396. The molecule has 0 atom stereocenters. The Balaban J connectivity index is 0. The third-order valence-corrected chi connectivity index (χ3v) is 8.64. The van der Waals surface area contributed by atoms with Crippen LogP contribution in [0.4, 0.5) is 0 Å². The standard InChI is InChI=1S/C4H12GeN2.C4H11GeN2.H2Te.HTe/c2*1-6-3-4-7(2)5-6;;/h3-5H2,1-2H3;5H,3-4H2,1-2H3;1H2;1H. The Morgan fingerprint density at radius 2 is 1.19 bits per heavy atom. The van der Waals surface area contributed by atoms with Crippen molar-refractivity contribution in [3.05, 3.63) is 0 Å². The summed E-state index contributed by atoms with van der Waals surface area (Å²) in [6, 6.07) is 0. The zero-order valence-corrected chi connectivity index (χ0v) is 21.6. The summed E-state index contributed by atoms with van der Waals surface area (Å²) in [6.45, 7) is 5.24. The number of hydrogen-bond donors (Lipinski definition) is 0. The summed E-state index contributed by atoms with van der Waals surface area (Å²) in [5.74, 6) is 0. The zero-order chi connectivity index (χ0) is 10.6. The van der Waals surface area contributed by atoms with Gasteiger partial charge < -0.3 is 0 Å². The summed E-state index contributed by atoms with van der Waals surface area (Å²) in [5.41, 5.74) is 0. The molecular weight excluding hydrogens is 553 g/mol. The summed E-state index contributed by atoms with van der Waals surface area (Å²) in [6.07, 6.45) is 0. The molecule has 2 heterocycles. The van der Waals surface area contributed by atoms with E-state index in [9.17, 15) is 0 Å². The Morgan fingerprint density at radius 3 is 1.31 bits per heavy atom. The fourth-order valence-electron chi connectivity index (χ4n) is 1.66. The topological polar surface area (TPSA) is 13.0 Å². The van der Waals surface area contributed by atoms with Crippen LogP contribution in [-0.2, 0) is 0 Å². The van der Waals surface area contributed by atoms with Crippen molar-refractivity contribution in [3.8, 4) is 0 Å². The number of hydrogen-bond acceptors (Lipinski definition) is 4. The Bertz CT molecular complexity index is 144. The summed E-state index contributed by atoms with van der Waals surface area (Å²) in [4.78, 5) is 0. The van der Waals surface area contributed by atoms with E-state index in [0.29, 0.717) is 0 Å². The second kappa shape index (κ2) is 11.3. The van der Waals surface area contributed by atoms with Crippen molar-refractivity contribution in [2.45, 2.75) is 0 Å². The van der Waals surface area contributed by atoms with E-state index in [2.05, 4.69) is 43.6 Å². The van der Waals surface area contributed by atoms with Gasteiger partial charge in [-0.1, -0.05) is 0 Å². The molecule has 4 nitrogen and oxygen atoms in total. The van der Waals surface area contributed by atoms with Crippen LogP contribution < -0.4 is 0 Å². The fraction of sp³-hybridized carbons (Fsp3) is 1.00. The van der Waals surface area contributed by atoms with Gasteiger partial charge >= 0.3 is 149 Å². The van der Waals surface area contributed by atoms with E-state index in [4.69, 9.17) is 0 Å². The molecule has 0 N–H and O–H groups in total. The molecule has 98 valence electrons. The molecule has 0 spiro atoms. The van der Waals surface area contributed by atoms with Crippen LogP contribution in [0.1, 0.15) is 0 Å². The predicted molar refractivity (Wildman–Crippen MR) is 81.9 cm³/mol. The van der Waals surface area contributed by atoms with Crippen molar-refractivity contribution in [2.24, 2.45) is 0 Å². The molecule has 0 aliphatic carbocycles. The van der Waals surface area contributed by atoms with Gasteiger partial charge in [-0.15, -0.1) is 0 Å². The first-order valence-corrected chi connectivity index (χ1v) is 10.0. The summed E-state index contributed by atoms with van der Waals surface area (Å²) in [7, 11) is 8.88. The molecule has 2 fully saturated rings. The van der Waals surface area contributed by atoms with Crippen LogP contribution in [0.15, 0.2) is 0 Å². The van der Waals surface area contributed by atoms with Crippen LogP contribution in [-0.4, -0.2) is 149 Å². The normalized spacial score (nSPS) is 23.2. The van der Waals surface area contributed by atoms with E-state index in [1.54, 1.807) is 0 Å². The van der Waals surface area contributed by atoms with Crippen molar-refractivity contribution in [1.29, 1.82) is 0 Å².